The summed E-state index contributed by atoms with van der Waals surface area (Å²) in [5.74, 6) is 0.255. The van der Waals surface area contributed by atoms with Crippen molar-refractivity contribution in [3.8, 4) is 0 Å². The van der Waals surface area contributed by atoms with Gasteiger partial charge in [0.05, 0.1) is 5.25 Å². The van der Waals surface area contributed by atoms with Crippen molar-refractivity contribution in [3.63, 3.8) is 0 Å². The van der Waals surface area contributed by atoms with E-state index in [2.05, 4.69) is 0 Å². The van der Waals surface area contributed by atoms with Gasteiger partial charge in [-0.25, -0.2) is 8.42 Å². The van der Waals surface area contributed by atoms with Crippen LogP contribution < -0.4 is 0 Å². The predicted octanol–water partition coefficient (Wildman–Crippen LogP) is 0.863. The molecule has 1 heterocycles. The smallest absolute Gasteiger partial charge is 0.165 e. The van der Waals surface area contributed by atoms with Crippen LogP contribution in [-0.2, 0) is 9.84 Å². The molecule has 0 unspecified atom stereocenters. The molecule has 0 aromatic carbocycles. The van der Waals surface area contributed by atoms with Gasteiger partial charge in [-0.3, -0.25) is 4.90 Å². The lowest BCUT2D eigenvalue weighted by Gasteiger charge is -2.16. The second-order valence-electron chi connectivity index (χ2n) is 3.67. The van der Waals surface area contributed by atoms with E-state index < -0.39 is 9.84 Å². The van der Waals surface area contributed by atoms with Gasteiger partial charge in [0, 0.05) is 0 Å². The third-order valence-corrected chi connectivity index (χ3v) is 4.44. The maximum atomic E-state index is 11.4. The van der Waals surface area contributed by atoms with Crippen LogP contribution in [0.1, 0.15) is 26.7 Å². The van der Waals surface area contributed by atoms with Crippen LogP contribution in [-0.4, -0.2) is 37.5 Å². The second kappa shape index (κ2) is 3.75. The lowest BCUT2D eigenvalue weighted by atomic mass is 10.4. The Labute approximate surface area is 74.7 Å². The van der Waals surface area contributed by atoms with Gasteiger partial charge >= 0.3 is 0 Å². The van der Waals surface area contributed by atoms with Crippen LogP contribution >= 0.6 is 0 Å². The van der Waals surface area contributed by atoms with Gasteiger partial charge in [0.15, 0.2) is 9.84 Å². The molecule has 0 amide bonds. The third-order valence-electron chi connectivity index (χ3n) is 2.28. The molecule has 1 aliphatic rings. The second-order valence-corrected chi connectivity index (χ2v) is 6.19. The maximum absolute atomic E-state index is 11.4. The van der Waals surface area contributed by atoms with Crippen LogP contribution in [0.2, 0.25) is 0 Å². The number of sulfone groups is 1. The fourth-order valence-electron chi connectivity index (χ4n) is 1.32. The quantitative estimate of drug-likeness (QED) is 0.664. The summed E-state index contributed by atoms with van der Waals surface area (Å²) in [6.45, 7) is 5.38. The van der Waals surface area contributed by atoms with Crippen molar-refractivity contribution < 1.29 is 8.42 Å². The van der Waals surface area contributed by atoms with Gasteiger partial charge in [-0.2, -0.15) is 0 Å². The largest absolute Gasteiger partial charge is 0.290 e. The van der Waals surface area contributed by atoms with Gasteiger partial charge in [-0.15, -0.1) is 0 Å². The molecule has 0 aromatic rings. The molecule has 4 heteroatoms. The van der Waals surface area contributed by atoms with E-state index in [1.807, 2.05) is 4.90 Å². The van der Waals surface area contributed by atoms with Gasteiger partial charge in [-0.05, 0) is 39.8 Å². The molecule has 12 heavy (non-hydrogen) atoms. The molecule has 0 bridgehead atoms. The summed E-state index contributed by atoms with van der Waals surface area (Å²) < 4.78 is 22.9. The highest BCUT2D eigenvalue weighted by atomic mass is 32.2. The first-order chi connectivity index (χ1) is 5.52. The Hall–Kier alpha value is -0.0900. The van der Waals surface area contributed by atoms with Gasteiger partial charge in [0.25, 0.3) is 0 Å². The van der Waals surface area contributed by atoms with Crippen LogP contribution in [0.15, 0.2) is 0 Å². The Kier molecular flexibility index (Phi) is 3.12. The molecule has 0 N–H and O–H groups in total. The zero-order valence-corrected chi connectivity index (χ0v) is 8.60. The minimum atomic E-state index is -2.86. The first kappa shape index (κ1) is 9.99. The van der Waals surface area contributed by atoms with E-state index in [9.17, 15) is 8.42 Å². The first-order valence-corrected chi connectivity index (χ1v) is 6.18. The summed E-state index contributed by atoms with van der Waals surface area (Å²) in [6, 6.07) is 0. The predicted molar refractivity (Wildman–Crippen MR) is 49.7 cm³/mol. The number of rotatable bonds is 3. The van der Waals surface area contributed by atoms with Crippen molar-refractivity contribution in [1.29, 1.82) is 0 Å². The van der Waals surface area contributed by atoms with Crippen LogP contribution in [0.3, 0.4) is 0 Å². The van der Waals surface area contributed by atoms with E-state index in [0.29, 0.717) is 0 Å². The fourth-order valence-corrected chi connectivity index (χ4v) is 2.38. The van der Waals surface area contributed by atoms with E-state index >= 15 is 0 Å². The van der Waals surface area contributed by atoms with E-state index in [0.717, 1.165) is 25.9 Å². The van der Waals surface area contributed by atoms with E-state index in [1.54, 1.807) is 13.8 Å². The van der Waals surface area contributed by atoms with Crippen LogP contribution in [0, 0.1) is 0 Å². The molecular weight excluding hydrogens is 174 g/mol. The molecule has 1 fully saturated rings. The van der Waals surface area contributed by atoms with Gasteiger partial charge in [0.1, 0.15) is 5.88 Å². The van der Waals surface area contributed by atoms with Crippen molar-refractivity contribution in [2.75, 3.05) is 19.0 Å². The molecule has 0 atom stereocenters. The summed E-state index contributed by atoms with van der Waals surface area (Å²) in [5.41, 5.74) is 0. The minimum absolute atomic E-state index is 0.238. The summed E-state index contributed by atoms with van der Waals surface area (Å²) >= 11 is 0. The minimum Gasteiger partial charge on any atom is -0.290 e. The summed E-state index contributed by atoms with van der Waals surface area (Å²) in [5, 5.41) is -0.238. The highest BCUT2D eigenvalue weighted by molar-refractivity contribution is 7.91. The van der Waals surface area contributed by atoms with Crippen LogP contribution in [0.4, 0.5) is 0 Å². The molecule has 1 rings (SSSR count). The van der Waals surface area contributed by atoms with Crippen LogP contribution in [0.5, 0.6) is 0 Å². The summed E-state index contributed by atoms with van der Waals surface area (Å²) in [6.07, 6.45) is 2.29. The topological polar surface area (TPSA) is 37.4 Å². The van der Waals surface area contributed by atoms with Crippen molar-refractivity contribution in [1.82, 2.24) is 4.90 Å². The third kappa shape index (κ3) is 2.45. The summed E-state index contributed by atoms with van der Waals surface area (Å²) in [4.78, 5) is 2.02. The number of hydrogen-bond acceptors (Lipinski definition) is 3. The average Bonchev–Trinajstić information content (AvgIpc) is 2.38. The fraction of sp³-hybridized carbons (Fsp3) is 1.00. The maximum Gasteiger partial charge on any atom is 0.165 e. The van der Waals surface area contributed by atoms with E-state index in [-0.39, 0.29) is 11.1 Å². The molecule has 0 radical (unpaired) electrons. The van der Waals surface area contributed by atoms with Crippen molar-refractivity contribution in [2.24, 2.45) is 0 Å². The average molecular weight is 191 g/mol. The Morgan fingerprint density at radius 3 is 2.17 bits per heavy atom. The summed E-state index contributed by atoms with van der Waals surface area (Å²) in [7, 11) is -2.86. The van der Waals surface area contributed by atoms with Crippen molar-refractivity contribution in [3.05, 3.63) is 0 Å². The van der Waals surface area contributed by atoms with Crippen molar-refractivity contribution >= 4 is 9.84 Å². The highest BCUT2D eigenvalue weighted by Gasteiger charge is 2.22. The zero-order valence-electron chi connectivity index (χ0n) is 7.78. The van der Waals surface area contributed by atoms with Crippen molar-refractivity contribution in [2.45, 2.75) is 31.9 Å². The molecule has 72 valence electrons. The Morgan fingerprint density at radius 1 is 1.25 bits per heavy atom. The number of likely N-dealkylation sites (tertiary alicyclic amines) is 1. The van der Waals surface area contributed by atoms with Crippen LogP contribution in [0.25, 0.3) is 0 Å². The highest BCUT2D eigenvalue weighted by Crippen LogP contribution is 2.11. The molecule has 0 aromatic heterocycles. The normalized spacial score (nSPS) is 20.6. The molecule has 1 saturated heterocycles. The molecule has 3 nitrogen and oxygen atoms in total. The molecule has 0 spiro atoms. The van der Waals surface area contributed by atoms with Gasteiger partial charge < -0.3 is 0 Å². The monoisotopic (exact) mass is 191 g/mol. The molecule has 0 saturated carbocycles. The van der Waals surface area contributed by atoms with Gasteiger partial charge in [-0.1, -0.05) is 0 Å². The standard InChI is InChI=1S/C8H17NO2S/c1-8(2)12(10,11)7-9-5-3-4-6-9/h8H,3-7H2,1-2H3. The SMILES string of the molecule is CC(C)S(=O)(=O)CN1CCCC1. The lowest BCUT2D eigenvalue weighted by molar-refractivity contribution is 0.386. The molecule has 1 aliphatic heterocycles. The number of hydrogen-bond donors (Lipinski definition) is 0. The van der Waals surface area contributed by atoms with E-state index in [4.69, 9.17) is 0 Å². The zero-order chi connectivity index (χ0) is 9.19. The van der Waals surface area contributed by atoms with Gasteiger partial charge in [0.2, 0.25) is 0 Å². The van der Waals surface area contributed by atoms with E-state index in [1.165, 1.54) is 0 Å². The molecule has 0 aliphatic carbocycles. The Bertz CT molecular complexity index is 227. The molecular formula is C8H17NO2S. The Morgan fingerprint density at radius 2 is 1.75 bits per heavy atom. The lowest BCUT2D eigenvalue weighted by Crippen LogP contribution is -2.31. The number of nitrogens with zero attached hydrogens (tertiary/aromatic N) is 1. The first-order valence-electron chi connectivity index (χ1n) is 4.46. The Balaban J connectivity index is 2.49.